The molecule has 11 heteroatoms. The summed E-state index contributed by atoms with van der Waals surface area (Å²) in [6.45, 7) is 1.77. The van der Waals surface area contributed by atoms with E-state index in [0.717, 1.165) is 11.1 Å². The Hall–Kier alpha value is -3.27. The number of carbonyl (C=O) groups is 2. The highest BCUT2D eigenvalue weighted by Crippen LogP contribution is 2.37. The quantitative estimate of drug-likeness (QED) is 0.560. The highest BCUT2D eigenvalue weighted by Gasteiger charge is 2.37. The molecule has 2 amide bonds. The summed E-state index contributed by atoms with van der Waals surface area (Å²) in [6.07, 6.45) is -4.61. The predicted octanol–water partition coefficient (Wildman–Crippen LogP) is 3.97. The van der Waals surface area contributed by atoms with E-state index >= 15 is 0 Å². The summed E-state index contributed by atoms with van der Waals surface area (Å²) < 4.78 is 40.9. The second-order valence-corrected chi connectivity index (χ2v) is 7.58. The molecule has 2 aromatic carbocycles. The van der Waals surface area contributed by atoms with Gasteiger partial charge < -0.3 is 10.3 Å². The molecule has 0 spiro atoms. The van der Waals surface area contributed by atoms with E-state index in [1.807, 2.05) is 0 Å². The summed E-state index contributed by atoms with van der Waals surface area (Å²) in [5.74, 6) is -0.609. The number of imidazole rings is 1. The van der Waals surface area contributed by atoms with Crippen LogP contribution < -0.4 is 15.8 Å². The second kappa shape index (κ2) is 7.77. The third-order valence-corrected chi connectivity index (χ3v) is 5.13. The molecule has 0 aliphatic carbocycles. The first kappa shape index (κ1) is 21.0. The van der Waals surface area contributed by atoms with Crippen LogP contribution in [0.3, 0.4) is 0 Å². The zero-order valence-corrected chi connectivity index (χ0v) is 16.9. The largest absolute Gasteiger partial charge is 0.418 e. The van der Waals surface area contributed by atoms with Crippen LogP contribution >= 0.6 is 11.6 Å². The minimum absolute atomic E-state index is 0.0970. The number of amides is 2. The standard InChI is InChI=1S/C20H17ClF3N5O2/c1-10(18-26-14-4-3-12(21)9-15(14)27-18)25-19(31)11-2-5-16(13(8-11)20(22,23)24)29-7-6-17(30)28-29/h2-5,8-10H,6-7H2,1H3,(H,25,31)(H,26,27)(H,28,30). The average Bonchev–Trinajstić information content (AvgIpc) is 3.32. The number of fused-ring (bicyclic) bond motifs is 1. The fraction of sp³-hybridized carbons (Fsp3) is 0.250. The highest BCUT2D eigenvalue weighted by atomic mass is 35.5. The lowest BCUT2D eigenvalue weighted by molar-refractivity contribution is -0.137. The lowest BCUT2D eigenvalue weighted by Crippen LogP contribution is -2.35. The molecule has 1 atom stereocenters. The van der Waals surface area contributed by atoms with Gasteiger partial charge in [-0.05, 0) is 43.3 Å². The van der Waals surface area contributed by atoms with E-state index in [9.17, 15) is 22.8 Å². The predicted molar refractivity (Wildman–Crippen MR) is 109 cm³/mol. The van der Waals surface area contributed by atoms with Crippen LogP contribution in [0.2, 0.25) is 5.02 Å². The third kappa shape index (κ3) is 4.29. The Labute approximate surface area is 179 Å². The Bertz CT molecular complexity index is 1180. The van der Waals surface area contributed by atoms with Gasteiger partial charge in [0.15, 0.2) is 0 Å². The van der Waals surface area contributed by atoms with E-state index in [1.54, 1.807) is 25.1 Å². The normalized spacial score (nSPS) is 15.3. The molecule has 31 heavy (non-hydrogen) atoms. The molecule has 162 valence electrons. The van der Waals surface area contributed by atoms with E-state index in [0.29, 0.717) is 21.9 Å². The number of carbonyl (C=O) groups excluding carboxylic acids is 2. The summed E-state index contributed by atoms with van der Waals surface area (Å²) in [4.78, 5) is 31.4. The molecule has 0 bridgehead atoms. The number of nitrogens with zero attached hydrogens (tertiary/aromatic N) is 2. The first-order valence-electron chi connectivity index (χ1n) is 9.36. The molecular formula is C20H17ClF3N5O2. The Morgan fingerprint density at radius 2 is 2.03 bits per heavy atom. The number of anilines is 1. The SMILES string of the molecule is CC(NC(=O)c1ccc(N2CCC(=O)N2)c(C(F)(F)F)c1)c1nc2ccc(Cl)cc2[nH]1. The van der Waals surface area contributed by atoms with Gasteiger partial charge in [-0.1, -0.05) is 11.6 Å². The van der Waals surface area contributed by atoms with Gasteiger partial charge in [0.2, 0.25) is 5.91 Å². The smallest absolute Gasteiger partial charge is 0.342 e. The van der Waals surface area contributed by atoms with Crippen molar-refractivity contribution in [1.82, 2.24) is 20.7 Å². The lowest BCUT2D eigenvalue weighted by Gasteiger charge is -2.23. The number of halogens is 4. The Morgan fingerprint density at radius 3 is 2.71 bits per heavy atom. The van der Waals surface area contributed by atoms with Crippen molar-refractivity contribution in [1.29, 1.82) is 0 Å². The van der Waals surface area contributed by atoms with Gasteiger partial charge in [-0.2, -0.15) is 13.2 Å². The Morgan fingerprint density at radius 1 is 1.26 bits per heavy atom. The van der Waals surface area contributed by atoms with Crippen LogP contribution in [-0.2, 0) is 11.0 Å². The van der Waals surface area contributed by atoms with Gasteiger partial charge in [-0.15, -0.1) is 0 Å². The van der Waals surface area contributed by atoms with Crippen LogP contribution in [0, 0.1) is 0 Å². The summed E-state index contributed by atoms with van der Waals surface area (Å²) in [5, 5.41) is 4.30. The van der Waals surface area contributed by atoms with Crippen molar-refractivity contribution in [2.45, 2.75) is 25.6 Å². The maximum atomic E-state index is 13.6. The number of aromatic nitrogens is 2. The van der Waals surface area contributed by atoms with Crippen LogP contribution in [0.15, 0.2) is 36.4 Å². The Kier molecular flexibility index (Phi) is 5.26. The van der Waals surface area contributed by atoms with E-state index < -0.39 is 23.7 Å². The first-order valence-corrected chi connectivity index (χ1v) is 9.74. The second-order valence-electron chi connectivity index (χ2n) is 7.14. The van der Waals surface area contributed by atoms with Crippen molar-refractivity contribution in [3.8, 4) is 0 Å². The van der Waals surface area contributed by atoms with E-state index in [1.165, 1.54) is 12.1 Å². The molecule has 1 aliphatic heterocycles. The van der Waals surface area contributed by atoms with Gasteiger partial charge in [-0.25, -0.2) is 4.98 Å². The molecule has 2 heterocycles. The van der Waals surface area contributed by atoms with E-state index in [2.05, 4.69) is 20.7 Å². The number of hydrazine groups is 1. The molecule has 4 rings (SSSR count). The van der Waals surface area contributed by atoms with Crippen LogP contribution in [0.25, 0.3) is 11.0 Å². The number of hydrogen-bond donors (Lipinski definition) is 3. The van der Waals surface area contributed by atoms with Crippen molar-refractivity contribution in [2.24, 2.45) is 0 Å². The number of alkyl halides is 3. The number of nitrogens with one attached hydrogen (secondary N) is 3. The molecule has 1 aromatic heterocycles. The molecule has 1 aliphatic rings. The van der Waals surface area contributed by atoms with Crippen molar-refractivity contribution in [3.63, 3.8) is 0 Å². The first-order chi connectivity index (χ1) is 14.6. The van der Waals surface area contributed by atoms with Crippen molar-refractivity contribution in [3.05, 3.63) is 58.4 Å². The van der Waals surface area contributed by atoms with Crippen LogP contribution in [-0.4, -0.2) is 28.3 Å². The summed E-state index contributed by atoms with van der Waals surface area (Å²) in [5.41, 5.74) is 2.33. The van der Waals surface area contributed by atoms with Crippen LogP contribution in [0.1, 0.15) is 41.1 Å². The average molecular weight is 452 g/mol. The van der Waals surface area contributed by atoms with Gasteiger partial charge >= 0.3 is 6.18 Å². The molecule has 3 aromatic rings. The maximum Gasteiger partial charge on any atom is 0.418 e. The fourth-order valence-corrected chi connectivity index (χ4v) is 3.52. The minimum atomic E-state index is -4.71. The van der Waals surface area contributed by atoms with Gasteiger partial charge in [0, 0.05) is 23.6 Å². The molecule has 7 nitrogen and oxygen atoms in total. The van der Waals surface area contributed by atoms with E-state index in [4.69, 9.17) is 11.6 Å². The summed E-state index contributed by atoms with van der Waals surface area (Å²) in [7, 11) is 0. The Balaban J connectivity index is 1.58. The summed E-state index contributed by atoms with van der Waals surface area (Å²) >= 11 is 5.96. The highest BCUT2D eigenvalue weighted by molar-refractivity contribution is 6.31. The molecular weight excluding hydrogens is 435 g/mol. The van der Waals surface area contributed by atoms with Gasteiger partial charge in [0.1, 0.15) is 5.82 Å². The number of rotatable bonds is 4. The van der Waals surface area contributed by atoms with Crippen molar-refractivity contribution >= 4 is 40.1 Å². The number of benzene rings is 2. The number of aromatic amines is 1. The lowest BCUT2D eigenvalue weighted by atomic mass is 10.1. The maximum absolute atomic E-state index is 13.6. The minimum Gasteiger partial charge on any atom is -0.342 e. The molecule has 1 saturated heterocycles. The monoisotopic (exact) mass is 451 g/mol. The van der Waals surface area contributed by atoms with Gasteiger partial charge in [-0.3, -0.25) is 20.0 Å². The molecule has 0 radical (unpaired) electrons. The zero-order chi connectivity index (χ0) is 22.3. The number of hydrogen-bond acceptors (Lipinski definition) is 4. The molecule has 0 saturated carbocycles. The van der Waals surface area contributed by atoms with Crippen molar-refractivity contribution in [2.75, 3.05) is 11.6 Å². The molecule has 1 unspecified atom stereocenters. The van der Waals surface area contributed by atoms with E-state index in [-0.39, 0.29) is 30.1 Å². The van der Waals surface area contributed by atoms with Crippen LogP contribution in [0.5, 0.6) is 0 Å². The topological polar surface area (TPSA) is 90.1 Å². The zero-order valence-electron chi connectivity index (χ0n) is 16.2. The third-order valence-electron chi connectivity index (χ3n) is 4.90. The molecule has 3 N–H and O–H groups in total. The van der Waals surface area contributed by atoms with Gasteiger partial charge in [0.05, 0.1) is 28.3 Å². The van der Waals surface area contributed by atoms with Crippen molar-refractivity contribution < 1.29 is 22.8 Å². The summed E-state index contributed by atoms with van der Waals surface area (Å²) in [6, 6.07) is 7.74. The molecule has 1 fully saturated rings. The fourth-order valence-electron chi connectivity index (χ4n) is 3.35. The number of H-pyrrole nitrogens is 1. The van der Waals surface area contributed by atoms with Gasteiger partial charge in [0.25, 0.3) is 5.91 Å². The van der Waals surface area contributed by atoms with Crippen LogP contribution in [0.4, 0.5) is 18.9 Å².